The van der Waals surface area contributed by atoms with Crippen LogP contribution >= 0.6 is 11.6 Å². The third-order valence-electron chi connectivity index (χ3n) is 5.49. The summed E-state index contributed by atoms with van der Waals surface area (Å²) in [5.74, 6) is 1.39. The van der Waals surface area contributed by atoms with Gasteiger partial charge in [0.25, 0.3) is 0 Å². The van der Waals surface area contributed by atoms with Gasteiger partial charge in [-0.15, -0.1) is 0 Å². The highest BCUT2D eigenvalue weighted by Gasteiger charge is 2.12. The Balaban J connectivity index is 1.37. The van der Waals surface area contributed by atoms with Crippen LogP contribution in [0.4, 0.5) is 0 Å². The number of rotatable bonds is 10. The minimum absolute atomic E-state index is 0.471. The fourth-order valence-corrected chi connectivity index (χ4v) is 3.94. The van der Waals surface area contributed by atoms with Gasteiger partial charge in [0, 0.05) is 34.7 Å². The number of hydrogen-bond donors (Lipinski definition) is 2. The molecule has 4 aromatic rings. The Morgan fingerprint density at radius 3 is 2.53 bits per heavy atom. The molecule has 1 heterocycles. The summed E-state index contributed by atoms with van der Waals surface area (Å²) in [4.78, 5) is 3.33. The van der Waals surface area contributed by atoms with E-state index in [1.807, 2.05) is 25.1 Å². The van der Waals surface area contributed by atoms with E-state index in [2.05, 4.69) is 65.9 Å². The molecule has 0 fully saturated rings. The minimum atomic E-state index is 0.471. The van der Waals surface area contributed by atoms with Crippen molar-refractivity contribution in [2.24, 2.45) is 0 Å². The van der Waals surface area contributed by atoms with E-state index in [0.717, 1.165) is 29.8 Å². The topological polar surface area (TPSA) is 46.3 Å². The van der Waals surface area contributed by atoms with Crippen molar-refractivity contribution in [3.05, 3.63) is 94.1 Å². The number of benzene rings is 3. The summed E-state index contributed by atoms with van der Waals surface area (Å²) in [5.41, 5.74) is 5.82. The van der Waals surface area contributed by atoms with Crippen LogP contribution in [0.25, 0.3) is 10.9 Å². The number of nitrogens with one attached hydrogen (secondary N) is 2. The van der Waals surface area contributed by atoms with Gasteiger partial charge in [-0.1, -0.05) is 59.6 Å². The first-order valence-corrected chi connectivity index (χ1v) is 11.4. The molecule has 32 heavy (non-hydrogen) atoms. The molecular formula is C27H29ClN2O2. The van der Waals surface area contributed by atoms with E-state index >= 15 is 0 Å². The van der Waals surface area contributed by atoms with Crippen LogP contribution in [-0.2, 0) is 19.6 Å². The first-order valence-electron chi connectivity index (χ1n) is 11.0. The zero-order valence-corrected chi connectivity index (χ0v) is 19.3. The monoisotopic (exact) mass is 448 g/mol. The van der Waals surface area contributed by atoms with E-state index in [4.69, 9.17) is 21.1 Å². The van der Waals surface area contributed by atoms with Gasteiger partial charge in [0.2, 0.25) is 0 Å². The van der Waals surface area contributed by atoms with Crippen molar-refractivity contribution in [1.29, 1.82) is 0 Å². The molecule has 0 amide bonds. The first-order chi connectivity index (χ1) is 15.6. The van der Waals surface area contributed by atoms with Crippen LogP contribution in [0.15, 0.2) is 66.9 Å². The predicted molar refractivity (Wildman–Crippen MR) is 132 cm³/mol. The number of fused-ring (bicyclic) bond motifs is 1. The third-order valence-corrected chi connectivity index (χ3v) is 5.84. The molecule has 0 radical (unpaired) electrons. The van der Waals surface area contributed by atoms with Gasteiger partial charge < -0.3 is 19.8 Å². The van der Waals surface area contributed by atoms with Crippen LogP contribution in [0.2, 0.25) is 5.02 Å². The minimum Gasteiger partial charge on any atom is -0.490 e. The molecule has 2 N–H and O–H groups in total. The van der Waals surface area contributed by atoms with Gasteiger partial charge >= 0.3 is 0 Å². The quantitative estimate of drug-likeness (QED) is 0.274. The smallest absolute Gasteiger partial charge is 0.163 e. The summed E-state index contributed by atoms with van der Waals surface area (Å²) in [6.45, 7) is 6.60. The standard InChI is InChI=1S/C27H29ClN2O2/c1-3-31-26-14-22(16-29-13-12-21-17-30-25-7-5-4-6-23(21)25)24(28)15-27(26)32-18-20-10-8-19(2)9-11-20/h4-11,14-15,17,29-30H,3,12-13,16,18H2,1-2H3. The maximum absolute atomic E-state index is 6.58. The summed E-state index contributed by atoms with van der Waals surface area (Å²) in [6.07, 6.45) is 3.03. The summed E-state index contributed by atoms with van der Waals surface area (Å²) in [6, 6.07) is 20.5. The van der Waals surface area contributed by atoms with E-state index in [1.165, 1.54) is 22.0 Å². The predicted octanol–water partition coefficient (Wildman–Crippen LogP) is 6.44. The molecule has 0 aliphatic heterocycles. The lowest BCUT2D eigenvalue weighted by Crippen LogP contribution is -2.17. The molecule has 1 aromatic heterocycles. The Kier molecular flexibility index (Phi) is 7.35. The molecule has 166 valence electrons. The van der Waals surface area contributed by atoms with Gasteiger partial charge in [-0.2, -0.15) is 0 Å². The van der Waals surface area contributed by atoms with Gasteiger partial charge in [-0.05, 0) is 55.6 Å². The Morgan fingerprint density at radius 1 is 0.938 bits per heavy atom. The molecule has 0 aliphatic carbocycles. The van der Waals surface area contributed by atoms with Crippen molar-refractivity contribution in [3.8, 4) is 11.5 Å². The Morgan fingerprint density at radius 2 is 1.72 bits per heavy atom. The maximum Gasteiger partial charge on any atom is 0.163 e. The van der Waals surface area contributed by atoms with Crippen molar-refractivity contribution in [2.75, 3.05) is 13.2 Å². The average Bonchev–Trinajstić information content (AvgIpc) is 3.21. The van der Waals surface area contributed by atoms with Crippen molar-refractivity contribution in [1.82, 2.24) is 10.3 Å². The van der Waals surface area contributed by atoms with Gasteiger partial charge in [0.05, 0.1) is 6.61 Å². The number of hydrogen-bond acceptors (Lipinski definition) is 3. The zero-order chi connectivity index (χ0) is 22.3. The Hall–Kier alpha value is -2.95. The first kappa shape index (κ1) is 22.3. The van der Waals surface area contributed by atoms with Crippen LogP contribution in [0.1, 0.15) is 29.2 Å². The number of aryl methyl sites for hydroxylation is 1. The second-order valence-electron chi connectivity index (χ2n) is 7.88. The number of ether oxygens (including phenoxy) is 2. The Labute approximate surface area is 194 Å². The number of para-hydroxylation sites is 1. The van der Waals surface area contributed by atoms with E-state index in [0.29, 0.717) is 30.5 Å². The van der Waals surface area contributed by atoms with Crippen LogP contribution < -0.4 is 14.8 Å². The van der Waals surface area contributed by atoms with Crippen molar-refractivity contribution in [2.45, 2.75) is 33.4 Å². The molecule has 0 spiro atoms. The van der Waals surface area contributed by atoms with Crippen LogP contribution in [0.3, 0.4) is 0 Å². The van der Waals surface area contributed by atoms with Crippen LogP contribution in [0, 0.1) is 6.92 Å². The number of aromatic amines is 1. The van der Waals surface area contributed by atoms with Crippen LogP contribution in [0.5, 0.6) is 11.5 Å². The van der Waals surface area contributed by atoms with E-state index in [1.54, 1.807) is 0 Å². The van der Waals surface area contributed by atoms with Crippen molar-refractivity contribution in [3.63, 3.8) is 0 Å². The molecule has 0 saturated carbocycles. The number of aromatic nitrogens is 1. The summed E-state index contributed by atoms with van der Waals surface area (Å²) in [7, 11) is 0. The molecule has 0 aliphatic rings. The molecule has 0 unspecified atom stereocenters. The van der Waals surface area contributed by atoms with E-state index < -0.39 is 0 Å². The van der Waals surface area contributed by atoms with Gasteiger partial charge in [0.15, 0.2) is 11.5 Å². The summed E-state index contributed by atoms with van der Waals surface area (Å²) < 4.78 is 11.9. The van der Waals surface area contributed by atoms with E-state index in [9.17, 15) is 0 Å². The maximum atomic E-state index is 6.58. The third kappa shape index (κ3) is 5.45. The highest BCUT2D eigenvalue weighted by molar-refractivity contribution is 6.31. The SMILES string of the molecule is CCOc1cc(CNCCc2c[nH]c3ccccc23)c(Cl)cc1OCc1ccc(C)cc1. The summed E-state index contributed by atoms with van der Waals surface area (Å²) in [5, 5.41) is 5.45. The normalized spacial score (nSPS) is 11.1. The molecule has 4 rings (SSSR count). The second-order valence-corrected chi connectivity index (χ2v) is 8.29. The molecule has 3 aromatic carbocycles. The lowest BCUT2D eigenvalue weighted by Gasteiger charge is -2.15. The lowest BCUT2D eigenvalue weighted by molar-refractivity contribution is 0.269. The van der Waals surface area contributed by atoms with Gasteiger partial charge in [-0.3, -0.25) is 0 Å². The average molecular weight is 449 g/mol. The van der Waals surface area contributed by atoms with Gasteiger partial charge in [0.1, 0.15) is 6.61 Å². The fourth-order valence-electron chi connectivity index (χ4n) is 3.72. The summed E-state index contributed by atoms with van der Waals surface area (Å²) >= 11 is 6.58. The molecule has 0 atom stereocenters. The molecule has 5 heteroatoms. The largest absolute Gasteiger partial charge is 0.490 e. The van der Waals surface area contributed by atoms with Crippen molar-refractivity contribution < 1.29 is 9.47 Å². The molecule has 0 bridgehead atoms. The number of H-pyrrole nitrogens is 1. The van der Waals surface area contributed by atoms with E-state index in [-0.39, 0.29) is 0 Å². The highest BCUT2D eigenvalue weighted by Crippen LogP contribution is 2.34. The molecule has 4 nitrogen and oxygen atoms in total. The Bertz CT molecular complexity index is 1170. The van der Waals surface area contributed by atoms with Crippen molar-refractivity contribution >= 4 is 22.5 Å². The van der Waals surface area contributed by atoms with Gasteiger partial charge in [-0.25, -0.2) is 0 Å². The fraction of sp³-hybridized carbons (Fsp3) is 0.259. The lowest BCUT2D eigenvalue weighted by atomic mass is 10.1. The zero-order valence-electron chi connectivity index (χ0n) is 18.6. The highest BCUT2D eigenvalue weighted by atomic mass is 35.5. The molecular weight excluding hydrogens is 420 g/mol. The van der Waals surface area contributed by atoms with Crippen LogP contribution in [-0.4, -0.2) is 18.1 Å². The molecule has 0 saturated heterocycles. The number of halogens is 1. The second kappa shape index (κ2) is 10.6.